The largest absolute Gasteiger partial charge is 0.460 e. The van der Waals surface area contributed by atoms with Crippen LogP contribution in [0.25, 0.3) is 0 Å². The van der Waals surface area contributed by atoms with E-state index in [0.717, 1.165) is 45.3 Å². The Morgan fingerprint density at radius 3 is 1.25 bits per heavy atom. The monoisotopic (exact) mass is 741 g/mol. The van der Waals surface area contributed by atoms with E-state index in [1.54, 1.807) is 62.3 Å². The maximum Gasteiger partial charge on any atom is 0.329 e. The Kier molecular flexibility index (Phi) is 23.4. The number of rotatable bonds is 26. The van der Waals surface area contributed by atoms with Gasteiger partial charge in [0.15, 0.2) is 6.29 Å². The SMILES string of the molecule is CC(C)(C)OC(=O)CC[C@H](NC(=O)N[C@@H](CCCCCCCCCCCCCCCCCCC1OCCO1)C(=O)OC(C)(C)C)C(=O)OC(C)(C)C. The van der Waals surface area contributed by atoms with E-state index >= 15 is 0 Å². The van der Waals surface area contributed by atoms with Crippen LogP contribution in [0.5, 0.6) is 0 Å². The van der Waals surface area contributed by atoms with Gasteiger partial charge in [0.1, 0.15) is 28.9 Å². The lowest BCUT2D eigenvalue weighted by molar-refractivity contribution is -0.159. The van der Waals surface area contributed by atoms with Crippen LogP contribution in [0.1, 0.15) is 191 Å². The molecule has 1 rings (SSSR count). The molecule has 1 saturated heterocycles. The van der Waals surface area contributed by atoms with Gasteiger partial charge in [-0.05, 0) is 88.0 Å². The molecule has 1 heterocycles. The van der Waals surface area contributed by atoms with E-state index in [9.17, 15) is 19.2 Å². The number of unbranched alkanes of at least 4 members (excludes halogenated alkanes) is 15. The highest BCUT2D eigenvalue weighted by Crippen LogP contribution is 2.18. The van der Waals surface area contributed by atoms with Gasteiger partial charge in [-0.3, -0.25) is 4.79 Å². The van der Waals surface area contributed by atoms with Crippen molar-refractivity contribution in [1.29, 1.82) is 0 Å². The molecule has 52 heavy (non-hydrogen) atoms. The Balaban J connectivity index is 2.36. The van der Waals surface area contributed by atoms with E-state index in [1.807, 2.05) is 0 Å². The minimum absolute atomic E-state index is 0.0113. The van der Waals surface area contributed by atoms with Crippen LogP contribution in [0.2, 0.25) is 0 Å². The number of hydrogen-bond acceptors (Lipinski definition) is 9. The summed E-state index contributed by atoms with van der Waals surface area (Å²) in [6.07, 6.45) is 20.8. The third kappa shape index (κ3) is 27.2. The normalized spacial score (nSPS) is 15.2. The second-order valence-corrected chi connectivity index (χ2v) is 17.3. The van der Waals surface area contributed by atoms with Crippen molar-refractivity contribution in [1.82, 2.24) is 10.6 Å². The van der Waals surface area contributed by atoms with Crippen molar-refractivity contribution in [3.63, 3.8) is 0 Å². The molecule has 0 bridgehead atoms. The van der Waals surface area contributed by atoms with Crippen molar-refractivity contribution in [2.45, 2.75) is 226 Å². The average molecular weight is 741 g/mol. The van der Waals surface area contributed by atoms with Gasteiger partial charge in [-0.25, -0.2) is 14.4 Å². The quantitative estimate of drug-likeness (QED) is 0.0505. The first-order valence-electron chi connectivity index (χ1n) is 20.3. The van der Waals surface area contributed by atoms with Gasteiger partial charge in [-0.2, -0.15) is 0 Å². The molecule has 304 valence electrons. The molecule has 0 spiro atoms. The van der Waals surface area contributed by atoms with Crippen LogP contribution in [-0.2, 0) is 38.1 Å². The number of hydrogen-bond donors (Lipinski definition) is 2. The van der Waals surface area contributed by atoms with Gasteiger partial charge < -0.3 is 34.3 Å². The van der Waals surface area contributed by atoms with Crippen molar-refractivity contribution in [2.24, 2.45) is 0 Å². The number of nitrogens with one attached hydrogen (secondary N) is 2. The second kappa shape index (κ2) is 25.6. The molecule has 1 aliphatic rings. The minimum Gasteiger partial charge on any atom is -0.460 e. The number of amides is 2. The van der Waals surface area contributed by atoms with Crippen molar-refractivity contribution >= 4 is 23.9 Å². The summed E-state index contributed by atoms with van der Waals surface area (Å²) in [6.45, 7) is 17.3. The minimum atomic E-state index is -1.11. The second-order valence-electron chi connectivity index (χ2n) is 17.3. The highest BCUT2D eigenvalue weighted by Gasteiger charge is 2.31. The van der Waals surface area contributed by atoms with Crippen molar-refractivity contribution in [3.8, 4) is 0 Å². The molecule has 0 unspecified atom stereocenters. The molecular formula is C41H76N2O9. The number of ether oxygens (including phenoxy) is 5. The van der Waals surface area contributed by atoms with E-state index < -0.39 is 52.8 Å². The summed E-state index contributed by atoms with van der Waals surface area (Å²) in [7, 11) is 0. The maximum absolute atomic E-state index is 13.1. The molecule has 1 aliphatic heterocycles. The summed E-state index contributed by atoms with van der Waals surface area (Å²) in [5.41, 5.74) is -2.19. The van der Waals surface area contributed by atoms with Gasteiger partial charge in [0, 0.05) is 6.42 Å². The Morgan fingerprint density at radius 2 is 0.865 bits per heavy atom. The molecular weight excluding hydrogens is 664 g/mol. The van der Waals surface area contributed by atoms with Crippen LogP contribution in [0.3, 0.4) is 0 Å². The molecule has 2 amide bonds. The van der Waals surface area contributed by atoms with E-state index in [2.05, 4.69) is 10.6 Å². The van der Waals surface area contributed by atoms with Gasteiger partial charge in [0.2, 0.25) is 0 Å². The van der Waals surface area contributed by atoms with Gasteiger partial charge in [0.25, 0.3) is 0 Å². The topological polar surface area (TPSA) is 138 Å². The van der Waals surface area contributed by atoms with Crippen molar-refractivity contribution in [2.75, 3.05) is 13.2 Å². The Labute approximate surface area is 316 Å². The third-order valence-corrected chi connectivity index (χ3v) is 8.42. The van der Waals surface area contributed by atoms with Crippen LogP contribution in [-0.4, -0.2) is 72.3 Å². The predicted octanol–water partition coefficient (Wildman–Crippen LogP) is 9.22. The highest BCUT2D eigenvalue weighted by molar-refractivity contribution is 5.87. The number of carbonyl (C=O) groups excluding carboxylic acids is 4. The van der Waals surface area contributed by atoms with E-state index in [1.165, 1.54) is 77.0 Å². The van der Waals surface area contributed by atoms with Crippen LogP contribution in [0.4, 0.5) is 4.79 Å². The molecule has 0 saturated carbocycles. The zero-order valence-corrected chi connectivity index (χ0v) is 34.5. The summed E-state index contributed by atoms with van der Waals surface area (Å²) >= 11 is 0. The van der Waals surface area contributed by atoms with E-state index in [-0.39, 0.29) is 19.1 Å². The van der Waals surface area contributed by atoms with Gasteiger partial charge in [0.05, 0.1) is 13.2 Å². The fourth-order valence-corrected chi connectivity index (χ4v) is 5.96. The van der Waals surface area contributed by atoms with Crippen LogP contribution in [0, 0.1) is 0 Å². The molecule has 11 heteroatoms. The zero-order chi connectivity index (χ0) is 39.0. The first-order valence-corrected chi connectivity index (χ1v) is 20.3. The van der Waals surface area contributed by atoms with Crippen LogP contribution >= 0.6 is 0 Å². The lowest BCUT2D eigenvalue weighted by atomic mass is 10.0. The molecule has 0 aromatic heterocycles. The van der Waals surface area contributed by atoms with Crippen LogP contribution < -0.4 is 10.6 Å². The molecule has 0 aromatic rings. The Bertz CT molecular complexity index is 1010. The smallest absolute Gasteiger partial charge is 0.329 e. The molecule has 0 radical (unpaired) electrons. The summed E-state index contributed by atoms with van der Waals surface area (Å²) in [6, 6.07) is -2.69. The van der Waals surface area contributed by atoms with E-state index in [0.29, 0.717) is 6.42 Å². The van der Waals surface area contributed by atoms with Gasteiger partial charge in [-0.1, -0.05) is 96.3 Å². The van der Waals surface area contributed by atoms with Crippen LogP contribution in [0.15, 0.2) is 0 Å². The summed E-state index contributed by atoms with van der Waals surface area (Å²) in [5.74, 6) is -1.68. The van der Waals surface area contributed by atoms with Gasteiger partial charge >= 0.3 is 23.9 Å². The number of esters is 3. The third-order valence-electron chi connectivity index (χ3n) is 8.42. The standard InChI is InChI=1S/C41H76N2O9/c1-39(2,3)50-34(44)29-28-33(37(46)52-41(7,8)9)43-38(47)42-32(36(45)51-40(4,5)6)26-24-22-20-18-16-14-12-10-11-13-15-17-19-21-23-25-27-35-48-30-31-49-35/h32-33,35H,10-31H2,1-9H3,(H2,42,43,47)/t32-,33-/m0/s1. The average Bonchev–Trinajstić information content (AvgIpc) is 3.53. The summed E-state index contributed by atoms with van der Waals surface area (Å²) < 4.78 is 27.4. The predicted molar refractivity (Wildman–Crippen MR) is 205 cm³/mol. The molecule has 1 fully saturated rings. The summed E-state index contributed by atoms with van der Waals surface area (Å²) in [4.78, 5) is 51.5. The molecule has 0 aromatic carbocycles. The molecule has 2 atom stereocenters. The highest BCUT2D eigenvalue weighted by atomic mass is 16.7. The molecule has 0 aliphatic carbocycles. The zero-order valence-electron chi connectivity index (χ0n) is 34.5. The lowest BCUT2D eigenvalue weighted by Gasteiger charge is -2.27. The van der Waals surface area contributed by atoms with Crippen molar-refractivity contribution < 1.29 is 42.9 Å². The van der Waals surface area contributed by atoms with Gasteiger partial charge in [-0.15, -0.1) is 0 Å². The number of carbonyl (C=O) groups is 4. The number of urea groups is 1. The Morgan fingerprint density at radius 1 is 0.519 bits per heavy atom. The fourth-order valence-electron chi connectivity index (χ4n) is 5.96. The van der Waals surface area contributed by atoms with E-state index in [4.69, 9.17) is 23.7 Å². The first-order chi connectivity index (χ1) is 24.3. The first kappa shape index (κ1) is 47.6. The molecule has 2 N–H and O–H groups in total. The summed E-state index contributed by atoms with van der Waals surface area (Å²) in [5, 5.41) is 5.35. The Hall–Kier alpha value is -2.40. The lowest BCUT2D eigenvalue weighted by Crippen LogP contribution is -2.53. The maximum atomic E-state index is 13.1. The fraction of sp³-hybridized carbons (Fsp3) is 0.902. The molecule has 11 nitrogen and oxygen atoms in total. The van der Waals surface area contributed by atoms with Crippen molar-refractivity contribution in [3.05, 3.63) is 0 Å².